The summed E-state index contributed by atoms with van der Waals surface area (Å²) in [5.74, 6) is 0.743. The van der Waals surface area contributed by atoms with Gasteiger partial charge in [-0.25, -0.2) is 0 Å². The molecule has 3 heterocycles. The first-order valence-electron chi connectivity index (χ1n) is 6.58. The monoisotopic (exact) mass is 265 g/mol. The SMILES string of the molecule is COc1ccc(C2(O)CC3CCCC(C2)S3)nc1. The Labute approximate surface area is 112 Å². The molecule has 0 spiro atoms. The minimum absolute atomic E-state index is 0.603. The van der Waals surface area contributed by atoms with Gasteiger partial charge in [-0.1, -0.05) is 6.42 Å². The standard InChI is InChI=1S/C14H19NO2S/c1-17-10-5-6-13(15-9-10)14(16)7-11-3-2-4-12(8-14)18-11/h5-6,9,11-12,16H,2-4,7-8H2,1H3. The minimum Gasteiger partial charge on any atom is -0.495 e. The van der Waals surface area contributed by atoms with Gasteiger partial charge in [0.05, 0.1) is 19.0 Å². The average molecular weight is 265 g/mol. The van der Waals surface area contributed by atoms with E-state index in [1.807, 2.05) is 12.1 Å². The summed E-state index contributed by atoms with van der Waals surface area (Å²) in [7, 11) is 1.63. The fourth-order valence-corrected chi connectivity index (χ4v) is 5.00. The van der Waals surface area contributed by atoms with Crippen molar-refractivity contribution in [3.05, 3.63) is 24.0 Å². The van der Waals surface area contributed by atoms with Crippen LogP contribution in [0, 0.1) is 0 Å². The lowest BCUT2D eigenvalue weighted by atomic mass is 9.83. The molecule has 0 radical (unpaired) electrons. The van der Waals surface area contributed by atoms with E-state index in [9.17, 15) is 5.11 Å². The molecule has 2 aliphatic heterocycles. The first-order chi connectivity index (χ1) is 8.69. The molecule has 1 aromatic heterocycles. The van der Waals surface area contributed by atoms with E-state index in [1.54, 1.807) is 13.3 Å². The molecule has 18 heavy (non-hydrogen) atoms. The van der Waals surface area contributed by atoms with Crippen molar-refractivity contribution in [3.63, 3.8) is 0 Å². The van der Waals surface area contributed by atoms with Crippen molar-refractivity contribution in [2.45, 2.75) is 48.2 Å². The highest BCUT2D eigenvalue weighted by Gasteiger charge is 2.43. The van der Waals surface area contributed by atoms with Gasteiger partial charge in [0.25, 0.3) is 0 Å². The summed E-state index contributed by atoms with van der Waals surface area (Å²) in [6.07, 6.45) is 7.17. The lowest BCUT2D eigenvalue weighted by molar-refractivity contribution is 0.00399. The molecule has 2 saturated heterocycles. The average Bonchev–Trinajstić information content (AvgIpc) is 2.38. The molecule has 2 aliphatic rings. The predicted molar refractivity (Wildman–Crippen MR) is 72.9 cm³/mol. The minimum atomic E-state index is -0.729. The smallest absolute Gasteiger partial charge is 0.137 e. The third-order valence-electron chi connectivity index (χ3n) is 4.02. The molecule has 0 aromatic carbocycles. The van der Waals surface area contributed by atoms with Crippen molar-refractivity contribution in [2.24, 2.45) is 0 Å². The van der Waals surface area contributed by atoms with Gasteiger partial charge in [-0.2, -0.15) is 11.8 Å². The molecule has 1 N–H and O–H groups in total. The third-order valence-corrected chi connectivity index (χ3v) is 5.59. The Bertz CT molecular complexity index is 408. The van der Waals surface area contributed by atoms with Crippen LogP contribution in [0.25, 0.3) is 0 Å². The zero-order chi connectivity index (χ0) is 12.6. The van der Waals surface area contributed by atoms with E-state index in [-0.39, 0.29) is 0 Å². The normalized spacial score (nSPS) is 35.2. The van der Waals surface area contributed by atoms with Crippen molar-refractivity contribution >= 4 is 11.8 Å². The van der Waals surface area contributed by atoms with E-state index < -0.39 is 5.60 Å². The highest BCUT2D eigenvalue weighted by atomic mass is 32.2. The van der Waals surface area contributed by atoms with Crippen LogP contribution in [-0.4, -0.2) is 27.7 Å². The molecule has 2 unspecified atom stereocenters. The molecule has 98 valence electrons. The predicted octanol–water partition coefficient (Wildman–Crippen LogP) is 2.73. The Kier molecular flexibility index (Phi) is 3.24. The van der Waals surface area contributed by atoms with Gasteiger partial charge in [0.1, 0.15) is 11.4 Å². The Morgan fingerprint density at radius 3 is 2.61 bits per heavy atom. The number of methoxy groups -OCH3 is 1. The van der Waals surface area contributed by atoms with Gasteiger partial charge < -0.3 is 9.84 Å². The summed E-state index contributed by atoms with van der Waals surface area (Å²) in [4.78, 5) is 4.39. The van der Waals surface area contributed by atoms with Gasteiger partial charge in [0.15, 0.2) is 0 Å². The molecular formula is C14H19NO2S. The maximum Gasteiger partial charge on any atom is 0.137 e. The van der Waals surface area contributed by atoms with Crippen LogP contribution in [0.5, 0.6) is 5.75 Å². The molecule has 0 saturated carbocycles. The van der Waals surface area contributed by atoms with Crippen LogP contribution in [0.2, 0.25) is 0 Å². The van der Waals surface area contributed by atoms with Crippen molar-refractivity contribution in [3.8, 4) is 5.75 Å². The van der Waals surface area contributed by atoms with Crippen LogP contribution in [0.1, 0.15) is 37.8 Å². The summed E-state index contributed by atoms with van der Waals surface area (Å²) in [6, 6.07) is 3.79. The number of ether oxygens (including phenoxy) is 1. The summed E-state index contributed by atoms with van der Waals surface area (Å²) in [5.41, 5.74) is 0.0771. The number of nitrogens with zero attached hydrogens (tertiary/aromatic N) is 1. The van der Waals surface area contributed by atoms with Gasteiger partial charge in [0, 0.05) is 10.5 Å². The first kappa shape index (κ1) is 12.3. The van der Waals surface area contributed by atoms with Crippen molar-refractivity contribution in [1.29, 1.82) is 0 Å². The van der Waals surface area contributed by atoms with Crippen LogP contribution in [-0.2, 0) is 5.60 Å². The van der Waals surface area contributed by atoms with E-state index >= 15 is 0 Å². The lowest BCUT2D eigenvalue weighted by Crippen LogP contribution is -2.41. The Morgan fingerprint density at radius 2 is 2.06 bits per heavy atom. The van der Waals surface area contributed by atoms with Crippen molar-refractivity contribution < 1.29 is 9.84 Å². The lowest BCUT2D eigenvalue weighted by Gasteiger charge is -2.43. The maximum atomic E-state index is 10.9. The molecule has 2 bridgehead atoms. The molecule has 3 nitrogen and oxygen atoms in total. The van der Waals surface area contributed by atoms with Crippen LogP contribution >= 0.6 is 11.8 Å². The molecule has 4 heteroatoms. The number of fused-ring (bicyclic) bond motifs is 2. The number of hydrogen-bond donors (Lipinski definition) is 1. The highest BCUT2D eigenvalue weighted by Crippen LogP contribution is 2.49. The van der Waals surface area contributed by atoms with E-state index in [2.05, 4.69) is 16.7 Å². The number of thioether (sulfide) groups is 1. The molecule has 0 amide bonds. The Hall–Kier alpha value is -0.740. The molecule has 3 rings (SSSR count). The largest absolute Gasteiger partial charge is 0.495 e. The van der Waals surface area contributed by atoms with Crippen LogP contribution in [0.15, 0.2) is 18.3 Å². The molecule has 2 fully saturated rings. The third kappa shape index (κ3) is 2.24. The Morgan fingerprint density at radius 1 is 1.33 bits per heavy atom. The van der Waals surface area contributed by atoms with E-state index in [1.165, 1.54) is 19.3 Å². The molecule has 1 aromatic rings. The topological polar surface area (TPSA) is 42.4 Å². The van der Waals surface area contributed by atoms with E-state index in [0.29, 0.717) is 10.5 Å². The van der Waals surface area contributed by atoms with Crippen molar-refractivity contribution in [1.82, 2.24) is 4.98 Å². The maximum absolute atomic E-state index is 10.9. The summed E-state index contributed by atoms with van der Waals surface area (Å²) < 4.78 is 5.12. The second-order valence-electron chi connectivity index (χ2n) is 5.33. The number of aromatic nitrogens is 1. The fourth-order valence-electron chi connectivity index (χ4n) is 3.10. The number of rotatable bonds is 2. The molecular weight excluding hydrogens is 246 g/mol. The van der Waals surface area contributed by atoms with Gasteiger partial charge in [-0.3, -0.25) is 4.98 Å². The van der Waals surface area contributed by atoms with Gasteiger partial charge >= 0.3 is 0 Å². The second-order valence-corrected chi connectivity index (χ2v) is 6.94. The number of hydrogen-bond acceptors (Lipinski definition) is 4. The summed E-state index contributed by atoms with van der Waals surface area (Å²) >= 11 is 2.07. The quantitative estimate of drug-likeness (QED) is 0.893. The van der Waals surface area contributed by atoms with Gasteiger partial charge in [0.2, 0.25) is 0 Å². The van der Waals surface area contributed by atoms with E-state index in [4.69, 9.17) is 4.74 Å². The van der Waals surface area contributed by atoms with Crippen LogP contribution in [0.4, 0.5) is 0 Å². The first-order valence-corrected chi connectivity index (χ1v) is 7.52. The summed E-state index contributed by atoms with van der Waals surface area (Å²) in [6.45, 7) is 0. The van der Waals surface area contributed by atoms with Gasteiger partial charge in [-0.05, 0) is 37.8 Å². The van der Waals surface area contributed by atoms with Crippen molar-refractivity contribution in [2.75, 3.05) is 7.11 Å². The number of aliphatic hydroxyl groups is 1. The van der Waals surface area contributed by atoms with Crippen LogP contribution < -0.4 is 4.74 Å². The second kappa shape index (κ2) is 4.74. The van der Waals surface area contributed by atoms with E-state index in [0.717, 1.165) is 24.3 Å². The zero-order valence-electron chi connectivity index (χ0n) is 10.6. The highest BCUT2D eigenvalue weighted by molar-refractivity contribution is 8.00. The number of pyridine rings is 1. The fraction of sp³-hybridized carbons (Fsp3) is 0.643. The Balaban J connectivity index is 1.84. The van der Waals surface area contributed by atoms with Gasteiger partial charge in [-0.15, -0.1) is 0 Å². The van der Waals surface area contributed by atoms with Crippen LogP contribution in [0.3, 0.4) is 0 Å². The summed E-state index contributed by atoms with van der Waals surface area (Å²) in [5, 5.41) is 12.1. The zero-order valence-corrected chi connectivity index (χ0v) is 11.4. The molecule has 2 atom stereocenters. The molecule has 0 aliphatic carbocycles.